The summed E-state index contributed by atoms with van der Waals surface area (Å²) >= 11 is 1.10. The molecule has 6 nitrogen and oxygen atoms in total. The van der Waals surface area contributed by atoms with Crippen LogP contribution in [0.15, 0.2) is 71.8 Å². The van der Waals surface area contributed by atoms with Crippen molar-refractivity contribution in [1.29, 1.82) is 0 Å². The van der Waals surface area contributed by atoms with Gasteiger partial charge >= 0.3 is 5.97 Å². The fourth-order valence-corrected chi connectivity index (χ4v) is 3.65. The third kappa shape index (κ3) is 4.20. The molecular formula is C22H17FN2O4S. The van der Waals surface area contributed by atoms with Crippen LogP contribution in [-0.2, 0) is 15.8 Å². The first-order valence-corrected chi connectivity index (χ1v) is 9.74. The molecule has 0 amide bonds. The zero-order chi connectivity index (χ0) is 21.1. The van der Waals surface area contributed by atoms with Gasteiger partial charge in [-0.3, -0.25) is 4.98 Å². The molecule has 4 aromatic rings. The van der Waals surface area contributed by atoms with E-state index in [1.165, 1.54) is 31.5 Å². The summed E-state index contributed by atoms with van der Waals surface area (Å²) in [7, 11) is 1.44. The molecule has 8 heteroatoms. The molecular weight excluding hydrogens is 407 g/mol. The van der Waals surface area contributed by atoms with Crippen LogP contribution in [0.25, 0.3) is 22.3 Å². The monoisotopic (exact) mass is 424 g/mol. The molecule has 1 N–H and O–H groups in total. The predicted molar refractivity (Wildman–Crippen MR) is 112 cm³/mol. The second-order valence-electron chi connectivity index (χ2n) is 6.52. The van der Waals surface area contributed by atoms with Crippen molar-refractivity contribution in [2.24, 2.45) is 0 Å². The lowest BCUT2D eigenvalue weighted by Crippen LogP contribution is -2.03. The normalized spacial score (nSPS) is 11.1. The molecule has 152 valence electrons. The van der Waals surface area contributed by atoms with Gasteiger partial charge in [0.25, 0.3) is 0 Å². The molecule has 0 fully saturated rings. The van der Waals surface area contributed by atoms with Crippen LogP contribution in [0.2, 0.25) is 0 Å². The molecule has 0 saturated carbocycles. The summed E-state index contributed by atoms with van der Waals surface area (Å²) in [5.41, 5.74) is 3.47. The molecule has 0 aliphatic rings. The number of carboxylic acids is 1. The Balaban J connectivity index is 1.81. The van der Waals surface area contributed by atoms with E-state index in [0.29, 0.717) is 12.2 Å². The summed E-state index contributed by atoms with van der Waals surface area (Å²) < 4.78 is 20.3. The first kappa shape index (κ1) is 20.1. The number of aromatic carboxylic acids is 1. The number of carboxylic acid groups (broad SMARTS) is 1. The highest BCUT2D eigenvalue weighted by Crippen LogP contribution is 2.31. The zero-order valence-corrected chi connectivity index (χ0v) is 16.7. The highest BCUT2D eigenvalue weighted by Gasteiger charge is 2.14. The van der Waals surface area contributed by atoms with Gasteiger partial charge in [0.1, 0.15) is 5.82 Å². The van der Waals surface area contributed by atoms with Crippen molar-refractivity contribution in [3.05, 3.63) is 83.8 Å². The molecule has 0 radical (unpaired) electrons. The van der Waals surface area contributed by atoms with Crippen LogP contribution >= 0.6 is 12.0 Å². The molecule has 4 rings (SSSR count). The fourth-order valence-electron chi connectivity index (χ4n) is 3.20. The van der Waals surface area contributed by atoms with Crippen LogP contribution in [0.3, 0.4) is 0 Å². The number of pyridine rings is 1. The number of fused-ring (bicyclic) bond motifs is 1. The average molecular weight is 424 g/mol. The first-order valence-electron chi connectivity index (χ1n) is 9.00. The molecule has 0 bridgehead atoms. The zero-order valence-electron chi connectivity index (χ0n) is 15.9. The number of aromatic nitrogens is 2. The van der Waals surface area contributed by atoms with Gasteiger partial charge in [-0.05, 0) is 54.1 Å². The summed E-state index contributed by atoms with van der Waals surface area (Å²) in [6, 6.07) is 17.4. The number of rotatable bonds is 7. The van der Waals surface area contributed by atoms with Gasteiger partial charge in [-0.25, -0.2) is 14.1 Å². The van der Waals surface area contributed by atoms with E-state index in [0.717, 1.165) is 39.1 Å². The standard InChI is InChI=1S/C22H17FN2O4S/c1-28-29-30-18-7-9-20-16(10-18)11-21(19-8-4-15(12-24-19)22(26)27)25(20)13-14-2-5-17(23)6-3-14/h2-12H,13H2,1H3,(H,26,27). The number of carbonyl (C=O) groups is 1. The van der Waals surface area contributed by atoms with Crippen molar-refractivity contribution in [3.63, 3.8) is 0 Å². The average Bonchev–Trinajstić information content (AvgIpc) is 3.11. The van der Waals surface area contributed by atoms with Gasteiger partial charge in [-0.15, -0.1) is 0 Å². The summed E-state index contributed by atoms with van der Waals surface area (Å²) in [6.07, 6.45) is 1.34. The van der Waals surface area contributed by atoms with Crippen molar-refractivity contribution in [3.8, 4) is 11.4 Å². The lowest BCUT2D eigenvalue weighted by Gasteiger charge is -2.11. The summed E-state index contributed by atoms with van der Waals surface area (Å²) in [6.45, 7) is 0.503. The Morgan fingerprint density at radius 3 is 2.60 bits per heavy atom. The van der Waals surface area contributed by atoms with E-state index < -0.39 is 5.97 Å². The van der Waals surface area contributed by atoms with Crippen LogP contribution in [-0.4, -0.2) is 27.7 Å². The molecule has 0 unspecified atom stereocenters. The van der Waals surface area contributed by atoms with E-state index in [9.17, 15) is 9.18 Å². The van der Waals surface area contributed by atoms with Gasteiger partial charge in [0.05, 0.1) is 36.1 Å². The van der Waals surface area contributed by atoms with E-state index in [1.807, 2.05) is 24.3 Å². The maximum absolute atomic E-state index is 13.3. The maximum Gasteiger partial charge on any atom is 0.337 e. The largest absolute Gasteiger partial charge is 0.478 e. The minimum atomic E-state index is -1.03. The third-order valence-corrected chi connectivity index (χ3v) is 5.25. The Hall–Kier alpha value is -3.20. The van der Waals surface area contributed by atoms with Crippen molar-refractivity contribution < 1.29 is 23.5 Å². The summed E-state index contributed by atoms with van der Waals surface area (Å²) in [5, 5.41) is 10.1. The Morgan fingerprint density at radius 1 is 1.13 bits per heavy atom. The van der Waals surface area contributed by atoms with Crippen molar-refractivity contribution in [1.82, 2.24) is 9.55 Å². The maximum atomic E-state index is 13.3. The van der Waals surface area contributed by atoms with Gasteiger partial charge in [0.15, 0.2) is 0 Å². The quantitative estimate of drug-likeness (QED) is 0.251. The van der Waals surface area contributed by atoms with E-state index in [1.54, 1.807) is 18.2 Å². The smallest absolute Gasteiger partial charge is 0.337 e. The highest BCUT2D eigenvalue weighted by atomic mass is 32.2. The van der Waals surface area contributed by atoms with E-state index in [2.05, 4.69) is 14.4 Å². The van der Waals surface area contributed by atoms with Crippen molar-refractivity contribution >= 4 is 28.9 Å². The number of nitrogens with zero attached hydrogens (tertiary/aromatic N) is 2. The minimum Gasteiger partial charge on any atom is -0.478 e. The molecule has 2 aromatic heterocycles. The second kappa shape index (κ2) is 8.66. The van der Waals surface area contributed by atoms with Crippen LogP contribution in [0, 0.1) is 5.82 Å². The molecule has 30 heavy (non-hydrogen) atoms. The highest BCUT2D eigenvalue weighted by molar-refractivity contribution is 7.94. The van der Waals surface area contributed by atoms with Gasteiger partial charge < -0.3 is 9.67 Å². The van der Waals surface area contributed by atoms with E-state index in [-0.39, 0.29) is 11.4 Å². The molecule has 0 saturated heterocycles. The molecule has 0 spiro atoms. The van der Waals surface area contributed by atoms with Crippen LogP contribution in [0.5, 0.6) is 0 Å². The lowest BCUT2D eigenvalue weighted by molar-refractivity contribution is -0.160. The van der Waals surface area contributed by atoms with Crippen LogP contribution in [0.1, 0.15) is 15.9 Å². The Labute approximate surface area is 176 Å². The Morgan fingerprint density at radius 2 is 1.93 bits per heavy atom. The van der Waals surface area contributed by atoms with Gasteiger partial charge in [-0.2, -0.15) is 4.33 Å². The van der Waals surface area contributed by atoms with Crippen LogP contribution < -0.4 is 0 Å². The Bertz CT molecular complexity index is 1190. The predicted octanol–water partition coefficient (Wildman–Crippen LogP) is 5.17. The fraction of sp³-hybridized carbons (Fsp3) is 0.0909. The number of hydrogen-bond acceptors (Lipinski definition) is 5. The number of hydrogen-bond donors (Lipinski definition) is 1. The SMILES string of the molecule is COOSc1ccc2c(c1)cc(-c1ccc(C(=O)O)cn1)n2Cc1ccc(F)cc1. The molecule has 2 heterocycles. The second-order valence-corrected chi connectivity index (χ2v) is 7.29. The summed E-state index contributed by atoms with van der Waals surface area (Å²) in [4.78, 5) is 21.0. The minimum absolute atomic E-state index is 0.121. The lowest BCUT2D eigenvalue weighted by atomic mass is 10.2. The molecule has 0 aliphatic heterocycles. The van der Waals surface area contributed by atoms with Gasteiger partial charge in [0, 0.05) is 28.5 Å². The molecule has 0 atom stereocenters. The summed E-state index contributed by atoms with van der Waals surface area (Å²) in [5.74, 6) is -1.32. The topological polar surface area (TPSA) is 73.6 Å². The third-order valence-electron chi connectivity index (χ3n) is 4.60. The molecule has 2 aromatic carbocycles. The van der Waals surface area contributed by atoms with Crippen LogP contribution in [0.4, 0.5) is 4.39 Å². The molecule has 0 aliphatic carbocycles. The van der Waals surface area contributed by atoms with Crippen molar-refractivity contribution in [2.45, 2.75) is 11.4 Å². The Kier molecular flexibility index (Phi) is 5.80. The van der Waals surface area contributed by atoms with Crippen molar-refractivity contribution in [2.75, 3.05) is 7.11 Å². The van der Waals surface area contributed by atoms with Gasteiger partial charge in [0.2, 0.25) is 0 Å². The number of benzene rings is 2. The van der Waals surface area contributed by atoms with E-state index in [4.69, 9.17) is 9.44 Å². The first-order chi connectivity index (χ1) is 14.5. The van der Waals surface area contributed by atoms with Gasteiger partial charge in [-0.1, -0.05) is 12.1 Å². The number of halogens is 1. The van der Waals surface area contributed by atoms with E-state index >= 15 is 0 Å².